The van der Waals surface area contributed by atoms with Crippen LogP contribution in [-0.4, -0.2) is 4.98 Å². The van der Waals surface area contributed by atoms with Gasteiger partial charge in [0, 0.05) is 22.0 Å². The third-order valence-electron chi connectivity index (χ3n) is 7.53. The normalized spacial score (nSPS) is 38.5. The lowest BCUT2D eigenvalue weighted by Crippen LogP contribution is -2.53. The molecule has 1 aromatic carbocycles. The fourth-order valence-corrected chi connectivity index (χ4v) is 5.70. The first kappa shape index (κ1) is 13.4. The molecule has 0 amide bonds. The van der Waals surface area contributed by atoms with E-state index in [4.69, 9.17) is 0 Å². The Balaban J connectivity index is 2.02. The van der Waals surface area contributed by atoms with Gasteiger partial charge in [-0.25, -0.2) is 0 Å². The summed E-state index contributed by atoms with van der Waals surface area (Å²) >= 11 is 0. The molecule has 0 bridgehead atoms. The second-order valence-corrected chi connectivity index (χ2v) is 8.15. The number of aromatic amines is 1. The molecule has 0 spiro atoms. The molecule has 0 radical (unpaired) electrons. The first-order valence-electron chi connectivity index (χ1n) is 8.55. The van der Waals surface area contributed by atoms with Crippen molar-refractivity contribution in [3.63, 3.8) is 0 Å². The Morgan fingerprint density at radius 2 is 1.86 bits per heavy atom. The summed E-state index contributed by atoms with van der Waals surface area (Å²) in [4.78, 5) is 3.83. The maximum Gasteiger partial charge on any atom is 0.0459 e. The van der Waals surface area contributed by atoms with Crippen LogP contribution in [0.4, 0.5) is 0 Å². The van der Waals surface area contributed by atoms with Gasteiger partial charge in [-0.1, -0.05) is 52.3 Å². The monoisotopic (exact) mass is 281 g/mol. The van der Waals surface area contributed by atoms with E-state index in [1.807, 2.05) is 0 Å². The Labute approximate surface area is 128 Å². The molecule has 3 atom stereocenters. The molecule has 1 aromatic heterocycles. The highest BCUT2D eigenvalue weighted by Gasteiger charge is 2.62. The van der Waals surface area contributed by atoms with Gasteiger partial charge in [0.15, 0.2) is 0 Å². The van der Waals surface area contributed by atoms with E-state index in [0.29, 0.717) is 10.8 Å². The van der Waals surface area contributed by atoms with Gasteiger partial charge in [-0.05, 0) is 48.1 Å². The van der Waals surface area contributed by atoms with E-state index in [2.05, 4.69) is 56.9 Å². The summed E-state index contributed by atoms with van der Waals surface area (Å²) in [5.74, 6) is 0. The van der Waals surface area contributed by atoms with Crippen LogP contribution in [0.3, 0.4) is 0 Å². The minimum atomic E-state index is 0.279. The molecule has 1 heteroatoms. The molecule has 0 unspecified atom stereocenters. The second-order valence-electron chi connectivity index (χ2n) is 8.15. The van der Waals surface area contributed by atoms with Crippen molar-refractivity contribution in [2.24, 2.45) is 10.8 Å². The van der Waals surface area contributed by atoms with Crippen LogP contribution in [0.1, 0.15) is 64.6 Å². The highest BCUT2D eigenvalue weighted by molar-refractivity contribution is 5.86. The number of aromatic nitrogens is 1. The topological polar surface area (TPSA) is 15.8 Å². The van der Waals surface area contributed by atoms with Crippen molar-refractivity contribution in [1.82, 2.24) is 4.98 Å². The Morgan fingerprint density at radius 3 is 2.62 bits per heavy atom. The van der Waals surface area contributed by atoms with Crippen LogP contribution >= 0.6 is 0 Å². The van der Waals surface area contributed by atoms with E-state index in [0.717, 1.165) is 0 Å². The van der Waals surface area contributed by atoms with Crippen molar-refractivity contribution in [3.05, 3.63) is 35.5 Å². The number of H-pyrrole nitrogens is 1. The van der Waals surface area contributed by atoms with Crippen molar-refractivity contribution in [2.45, 2.75) is 65.2 Å². The SMILES string of the molecule is CC[C@@]1(C)CCC[C@@]2(C)Cc3c([nH]c4ccccc34)[C@]12C. The Kier molecular flexibility index (Phi) is 2.52. The lowest BCUT2D eigenvalue weighted by molar-refractivity contribution is -0.0260. The van der Waals surface area contributed by atoms with E-state index in [-0.39, 0.29) is 5.41 Å². The van der Waals surface area contributed by atoms with Crippen LogP contribution in [0.25, 0.3) is 10.9 Å². The van der Waals surface area contributed by atoms with Gasteiger partial charge in [-0.2, -0.15) is 0 Å². The van der Waals surface area contributed by atoms with Crippen LogP contribution in [-0.2, 0) is 11.8 Å². The van der Waals surface area contributed by atoms with Gasteiger partial charge in [0.05, 0.1) is 0 Å². The molecule has 2 aliphatic rings. The predicted molar refractivity (Wildman–Crippen MR) is 89.7 cm³/mol. The molecular weight excluding hydrogens is 254 g/mol. The molecule has 0 saturated heterocycles. The molecule has 1 saturated carbocycles. The summed E-state index contributed by atoms with van der Waals surface area (Å²) < 4.78 is 0. The standard InChI is InChI=1S/C20H27N/c1-5-18(2)11-8-12-19(3)13-15-14-9-6-7-10-16(14)21-17(15)20(18,19)4/h6-7,9-10,21H,5,8,11-13H2,1-4H3/t18-,19-,20+/m0/s1. The fourth-order valence-electron chi connectivity index (χ4n) is 5.70. The lowest BCUT2D eigenvalue weighted by Gasteiger charge is -2.57. The van der Waals surface area contributed by atoms with E-state index in [1.165, 1.54) is 43.0 Å². The first-order valence-corrected chi connectivity index (χ1v) is 8.55. The molecular formula is C20H27N. The number of benzene rings is 1. The van der Waals surface area contributed by atoms with E-state index < -0.39 is 0 Å². The summed E-state index contributed by atoms with van der Waals surface area (Å²) in [5, 5.41) is 1.46. The zero-order valence-corrected chi connectivity index (χ0v) is 13.8. The van der Waals surface area contributed by atoms with E-state index in [1.54, 1.807) is 11.3 Å². The Morgan fingerprint density at radius 1 is 1.10 bits per heavy atom. The van der Waals surface area contributed by atoms with Crippen LogP contribution in [0.15, 0.2) is 24.3 Å². The number of hydrogen-bond donors (Lipinski definition) is 1. The summed E-state index contributed by atoms with van der Waals surface area (Å²) in [6, 6.07) is 8.87. The van der Waals surface area contributed by atoms with E-state index >= 15 is 0 Å². The number of rotatable bonds is 1. The van der Waals surface area contributed by atoms with Crippen molar-refractivity contribution in [3.8, 4) is 0 Å². The quantitative estimate of drug-likeness (QED) is 0.701. The molecule has 4 rings (SSSR count). The Hall–Kier alpha value is -1.24. The summed E-state index contributed by atoms with van der Waals surface area (Å²) in [5.41, 5.74) is 5.59. The zero-order valence-electron chi connectivity index (χ0n) is 13.8. The predicted octanol–water partition coefficient (Wildman–Crippen LogP) is 5.59. The minimum Gasteiger partial charge on any atom is -0.358 e. The van der Waals surface area contributed by atoms with Gasteiger partial charge in [-0.3, -0.25) is 0 Å². The highest BCUT2D eigenvalue weighted by atomic mass is 14.8. The largest absolute Gasteiger partial charge is 0.358 e. The summed E-state index contributed by atoms with van der Waals surface area (Å²) in [7, 11) is 0. The summed E-state index contributed by atoms with van der Waals surface area (Å²) in [6.45, 7) is 10.0. The molecule has 2 aromatic rings. The molecule has 1 fully saturated rings. The van der Waals surface area contributed by atoms with Crippen molar-refractivity contribution in [1.29, 1.82) is 0 Å². The maximum absolute atomic E-state index is 3.83. The van der Waals surface area contributed by atoms with Crippen molar-refractivity contribution >= 4 is 10.9 Å². The fraction of sp³-hybridized carbons (Fsp3) is 0.600. The third kappa shape index (κ3) is 1.38. The number of fused-ring (bicyclic) bond motifs is 5. The third-order valence-corrected chi connectivity index (χ3v) is 7.53. The molecule has 0 aliphatic heterocycles. The van der Waals surface area contributed by atoms with Gasteiger partial charge < -0.3 is 4.98 Å². The van der Waals surface area contributed by atoms with E-state index in [9.17, 15) is 0 Å². The average molecular weight is 281 g/mol. The average Bonchev–Trinajstić information content (AvgIpc) is 2.94. The number of para-hydroxylation sites is 1. The van der Waals surface area contributed by atoms with Gasteiger partial charge in [0.2, 0.25) is 0 Å². The number of hydrogen-bond acceptors (Lipinski definition) is 0. The van der Waals surface area contributed by atoms with Crippen molar-refractivity contribution in [2.75, 3.05) is 0 Å². The maximum atomic E-state index is 3.83. The second kappa shape index (κ2) is 3.94. The van der Waals surface area contributed by atoms with Crippen LogP contribution < -0.4 is 0 Å². The smallest absolute Gasteiger partial charge is 0.0459 e. The molecule has 1 nitrogen and oxygen atoms in total. The number of nitrogens with one attached hydrogen (secondary N) is 1. The van der Waals surface area contributed by atoms with Gasteiger partial charge >= 0.3 is 0 Å². The molecule has 1 N–H and O–H groups in total. The van der Waals surface area contributed by atoms with Crippen LogP contribution in [0.2, 0.25) is 0 Å². The van der Waals surface area contributed by atoms with Crippen LogP contribution in [0, 0.1) is 10.8 Å². The molecule has 21 heavy (non-hydrogen) atoms. The van der Waals surface area contributed by atoms with Crippen molar-refractivity contribution < 1.29 is 0 Å². The molecule has 112 valence electrons. The van der Waals surface area contributed by atoms with Gasteiger partial charge in [0.25, 0.3) is 0 Å². The summed E-state index contributed by atoms with van der Waals surface area (Å²) in [6.07, 6.45) is 6.64. The molecule has 2 aliphatic carbocycles. The molecule has 1 heterocycles. The van der Waals surface area contributed by atoms with Gasteiger partial charge in [-0.15, -0.1) is 0 Å². The highest BCUT2D eigenvalue weighted by Crippen LogP contribution is 2.67. The van der Waals surface area contributed by atoms with Crippen LogP contribution in [0.5, 0.6) is 0 Å². The first-order chi connectivity index (χ1) is 9.95. The lowest BCUT2D eigenvalue weighted by atomic mass is 9.47. The zero-order chi connectivity index (χ0) is 14.9. The Bertz CT molecular complexity index is 712. The minimum absolute atomic E-state index is 0.279. The van der Waals surface area contributed by atoms with Gasteiger partial charge in [0.1, 0.15) is 0 Å².